The summed E-state index contributed by atoms with van der Waals surface area (Å²) in [5.74, 6) is 0.252. The molecule has 1 aliphatic rings. The lowest BCUT2D eigenvalue weighted by Crippen LogP contribution is -2.40. The Balaban J connectivity index is 1.88. The molecule has 1 aliphatic heterocycles. The van der Waals surface area contributed by atoms with Crippen LogP contribution in [0.1, 0.15) is 18.9 Å². The average Bonchev–Trinajstić information content (AvgIpc) is 2.41. The maximum absolute atomic E-state index is 9.97. The molecule has 18 heavy (non-hydrogen) atoms. The van der Waals surface area contributed by atoms with E-state index in [-0.39, 0.29) is 12.0 Å². The topological polar surface area (TPSA) is 32.7 Å². The monoisotopic (exact) mass is 249 g/mol. The first kappa shape index (κ1) is 13.5. The SMILES string of the molecule is CCN(Cc1ccccc1)CC1COCCC1O. The Bertz CT molecular complexity index is 342. The second-order valence-electron chi connectivity index (χ2n) is 5.00. The van der Waals surface area contributed by atoms with Gasteiger partial charge in [0, 0.05) is 25.6 Å². The van der Waals surface area contributed by atoms with Gasteiger partial charge in [0.25, 0.3) is 0 Å². The second kappa shape index (κ2) is 6.88. The van der Waals surface area contributed by atoms with Crippen molar-refractivity contribution in [2.75, 3.05) is 26.3 Å². The summed E-state index contributed by atoms with van der Waals surface area (Å²) >= 11 is 0. The number of hydrogen-bond donors (Lipinski definition) is 1. The summed E-state index contributed by atoms with van der Waals surface area (Å²) in [5.41, 5.74) is 1.32. The summed E-state index contributed by atoms with van der Waals surface area (Å²) in [6, 6.07) is 10.5. The van der Waals surface area contributed by atoms with E-state index in [1.165, 1.54) is 5.56 Å². The van der Waals surface area contributed by atoms with E-state index < -0.39 is 0 Å². The zero-order chi connectivity index (χ0) is 12.8. The molecule has 1 fully saturated rings. The Morgan fingerprint density at radius 2 is 2.11 bits per heavy atom. The van der Waals surface area contributed by atoms with Crippen LogP contribution in [0.5, 0.6) is 0 Å². The first-order valence-corrected chi connectivity index (χ1v) is 6.81. The normalized spacial score (nSPS) is 24.4. The van der Waals surface area contributed by atoms with E-state index in [9.17, 15) is 5.11 Å². The smallest absolute Gasteiger partial charge is 0.0624 e. The molecule has 1 N–H and O–H groups in total. The minimum absolute atomic E-state index is 0.205. The quantitative estimate of drug-likeness (QED) is 0.865. The van der Waals surface area contributed by atoms with Gasteiger partial charge in [0.2, 0.25) is 0 Å². The second-order valence-corrected chi connectivity index (χ2v) is 5.00. The van der Waals surface area contributed by atoms with E-state index >= 15 is 0 Å². The highest BCUT2D eigenvalue weighted by Crippen LogP contribution is 2.17. The molecule has 100 valence electrons. The van der Waals surface area contributed by atoms with E-state index in [1.54, 1.807) is 0 Å². The first-order valence-electron chi connectivity index (χ1n) is 6.81. The molecular weight excluding hydrogens is 226 g/mol. The van der Waals surface area contributed by atoms with Gasteiger partial charge in [-0.05, 0) is 18.5 Å². The molecule has 0 saturated carbocycles. The molecule has 3 heteroatoms. The van der Waals surface area contributed by atoms with Gasteiger partial charge in [-0.3, -0.25) is 4.90 Å². The van der Waals surface area contributed by atoms with Crippen LogP contribution in [0.2, 0.25) is 0 Å². The largest absolute Gasteiger partial charge is 0.393 e. The summed E-state index contributed by atoms with van der Waals surface area (Å²) in [5, 5.41) is 9.97. The van der Waals surface area contributed by atoms with E-state index in [0.717, 1.165) is 26.1 Å². The summed E-state index contributed by atoms with van der Waals surface area (Å²) in [4.78, 5) is 2.37. The molecule has 0 bridgehead atoms. The Labute approximate surface area is 109 Å². The van der Waals surface area contributed by atoms with Crippen LogP contribution in [-0.2, 0) is 11.3 Å². The Morgan fingerprint density at radius 1 is 1.33 bits per heavy atom. The van der Waals surface area contributed by atoms with Crippen molar-refractivity contribution in [3.63, 3.8) is 0 Å². The van der Waals surface area contributed by atoms with Crippen molar-refractivity contribution in [3.8, 4) is 0 Å². The third-order valence-electron chi connectivity index (χ3n) is 3.62. The fourth-order valence-corrected chi connectivity index (χ4v) is 2.44. The molecule has 1 aromatic rings. The average molecular weight is 249 g/mol. The van der Waals surface area contributed by atoms with Crippen molar-refractivity contribution < 1.29 is 9.84 Å². The molecule has 0 aliphatic carbocycles. The molecule has 2 unspecified atom stereocenters. The molecule has 1 heterocycles. The molecule has 0 spiro atoms. The summed E-state index contributed by atoms with van der Waals surface area (Å²) in [6.07, 6.45) is 0.566. The summed E-state index contributed by atoms with van der Waals surface area (Å²) < 4.78 is 5.46. The van der Waals surface area contributed by atoms with Gasteiger partial charge in [-0.1, -0.05) is 37.3 Å². The van der Waals surface area contributed by atoms with Gasteiger partial charge in [0.05, 0.1) is 12.7 Å². The predicted molar refractivity (Wildman–Crippen MR) is 72.3 cm³/mol. The fraction of sp³-hybridized carbons (Fsp3) is 0.600. The van der Waals surface area contributed by atoms with Gasteiger partial charge in [-0.25, -0.2) is 0 Å². The van der Waals surface area contributed by atoms with Crippen LogP contribution in [0.4, 0.5) is 0 Å². The molecule has 2 rings (SSSR count). The van der Waals surface area contributed by atoms with Crippen molar-refractivity contribution in [3.05, 3.63) is 35.9 Å². The lowest BCUT2D eigenvalue weighted by molar-refractivity contribution is -0.0469. The fourth-order valence-electron chi connectivity index (χ4n) is 2.44. The Hall–Kier alpha value is -0.900. The third kappa shape index (κ3) is 3.80. The number of benzene rings is 1. The van der Waals surface area contributed by atoms with Gasteiger partial charge < -0.3 is 9.84 Å². The van der Waals surface area contributed by atoms with Crippen LogP contribution in [0, 0.1) is 5.92 Å². The van der Waals surface area contributed by atoms with Crippen molar-refractivity contribution in [1.29, 1.82) is 0 Å². The third-order valence-corrected chi connectivity index (χ3v) is 3.62. The van der Waals surface area contributed by atoms with Crippen LogP contribution in [0.25, 0.3) is 0 Å². The Kier molecular flexibility index (Phi) is 5.17. The molecule has 2 atom stereocenters. The minimum Gasteiger partial charge on any atom is -0.393 e. The zero-order valence-electron chi connectivity index (χ0n) is 11.1. The highest BCUT2D eigenvalue weighted by Gasteiger charge is 2.25. The molecule has 1 aromatic carbocycles. The van der Waals surface area contributed by atoms with E-state index in [1.807, 2.05) is 6.07 Å². The number of aliphatic hydroxyl groups is 1. The molecule has 1 saturated heterocycles. The van der Waals surface area contributed by atoms with Crippen LogP contribution < -0.4 is 0 Å². The van der Waals surface area contributed by atoms with E-state index in [2.05, 4.69) is 36.1 Å². The molecular formula is C15H23NO2. The van der Waals surface area contributed by atoms with Crippen LogP contribution in [0.15, 0.2) is 30.3 Å². The number of hydrogen-bond acceptors (Lipinski definition) is 3. The molecule has 0 aromatic heterocycles. The van der Waals surface area contributed by atoms with Gasteiger partial charge in [0.1, 0.15) is 0 Å². The van der Waals surface area contributed by atoms with E-state index in [4.69, 9.17) is 4.74 Å². The Morgan fingerprint density at radius 3 is 2.78 bits per heavy atom. The molecule has 0 radical (unpaired) electrons. The van der Waals surface area contributed by atoms with Gasteiger partial charge in [0.15, 0.2) is 0 Å². The highest BCUT2D eigenvalue weighted by molar-refractivity contribution is 5.14. The zero-order valence-corrected chi connectivity index (χ0v) is 11.1. The van der Waals surface area contributed by atoms with Crippen LogP contribution in [0.3, 0.4) is 0 Å². The summed E-state index contributed by atoms with van der Waals surface area (Å²) in [7, 11) is 0. The van der Waals surface area contributed by atoms with Crippen LogP contribution in [-0.4, -0.2) is 42.4 Å². The van der Waals surface area contributed by atoms with Gasteiger partial charge in [-0.15, -0.1) is 0 Å². The number of ether oxygens (including phenoxy) is 1. The lowest BCUT2D eigenvalue weighted by atomic mass is 9.98. The maximum Gasteiger partial charge on any atom is 0.0624 e. The van der Waals surface area contributed by atoms with E-state index in [0.29, 0.717) is 13.2 Å². The number of nitrogens with zero attached hydrogens (tertiary/aromatic N) is 1. The van der Waals surface area contributed by atoms with Crippen molar-refractivity contribution in [2.45, 2.75) is 26.0 Å². The molecule has 3 nitrogen and oxygen atoms in total. The van der Waals surface area contributed by atoms with Crippen molar-refractivity contribution in [1.82, 2.24) is 4.90 Å². The number of aliphatic hydroxyl groups excluding tert-OH is 1. The predicted octanol–water partition coefficient (Wildman–Crippen LogP) is 1.91. The minimum atomic E-state index is -0.205. The van der Waals surface area contributed by atoms with Gasteiger partial charge >= 0.3 is 0 Å². The van der Waals surface area contributed by atoms with Crippen molar-refractivity contribution in [2.24, 2.45) is 5.92 Å². The molecule has 0 amide bonds. The lowest BCUT2D eigenvalue weighted by Gasteiger charge is -2.32. The van der Waals surface area contributed by atoms with Gasteiger partial charge in [-0.2, -0.15) is 0 Å². The standard InChI is InChI=1S/C15H23NO2/c1-2-16(10-13-6-4-3-5-7-13)11-14-12-18-9-8-15(14)17/h3-7,14-15,17H,2,8-12H2,1H3. The maximum atomic E-state index is 9.97. The first-order chi connectivity index (χ1) is 8.79. The highest BCUT2D eigenvalue weighted by atomic mass is 16.5. The van der Waals surface area contributed by atoms with Crippen LogP contribution >= 0.6 is 0 Å². The number of rotatable bonds is 5. The summed E-state index contributed by atoms with van der Waals surface area (Å²) in [6.45, 7) is 6.40. The van der Waals surface area contributed by atoms with Crippen molar-refractivity contribution >= 4 is 0 Å².